The van der Waals surface area contributed by atoms with Gasteiger partial charge < -0.3 is 5.73 Å². The van der Waals surface area contributed by atoms with Crippen molar-refractivity contribution in [2.45, 2.75) is 24.9 Å². The van der Waals surface area contributed by atoms with Gasteiger partial charge in [0.05, 0.1) is 17.1 Å². The third-order valence-corrected chi connectivity index (χ3v) is 5.83. The van der Waals surface area contributed by atoms with Crippen LogP contribution in [0.2, 0.25) is 5.02 Å². The predicted octanol–water partition coefficient (Wildman–Crippen LogP) is 1.73. The van der Waals surface area contributed by atoms with E-state index in [1.807, 2.05) is 0 Å². The summed E-state index contributed by atoms with van der Waals surface area (Å²) < 4.78 is 26.8. The average molecular weight is 325 g/mol. The summed E-state index contributed by atoms with van der Waals surface area (Å²) in [7, 11) is -3.63. The van der Waals surface area contributed by atoms with Gasteiger partial charge in [-0.05, 0) is 24.6 Å². The molecule has 0 unspecified atom stereocenters. The van der Waals surface area contributed by atoms with Crippen LogP contribution in [0.4, 0.5) is 5.95 Å². The van der Waals surface area contributed by atoms with Crippen molar-refractivity contribution in [3.05, 3.63) is 46.2 Å². The van der Waals surface area contributed by atoms with Gasteiger partial charge in [-0.3, -0.25) is 0 Å². The first-order valence-corrected chi connectivity index (χ1v) is 8.07. The van der Waals surface area contributed by atoms with E-state index in [4.69, 9.17) is 17.3 Å². The number of anilines is 1. The van der Waals surface area contributed by atoms with Gasteiger partial charge in [0.1, 0.15) is 0 Å². The Labute approximate surface area is 127 Å². The van der Waals surface area contributed by atoms with Crippen LogP contribution in [0.15, 0.2) is 29.3 Å². The molecule has 1 aliphatic heterocycles. The largest absolute Gasteiger partial charge is 0.368 e. The van der Waals surface area contributed by atoms with E-state index in [2.05, 4.69) is 9.97 Å². The summed E-state index contributed by atoms with van der Waals surface area (Å²) in [4.78, 5) is 8.19. The molecule has 110 valence electrons. The fraction of sp³-hybridized carbons (Fsp3) is 0.231. The Hall–Kier alpha value is -1.70. The summed E-state index contributed by atoms with van der Waals surface area (Å²) in [6, 6.07) is 4.85. The summed E-state index contributed by atoms with van der Waals surface area (Å²) in [5, 5.41) is 0.428. The first-order chi connectivity index (χ1) is 9.89. The van der Waals surface area contributed by atoms with Crippen LogP contribution in [0.5, 0.6) is 0 Å². The van der Waals surface area contributed by atoms with E-state index in [1.54, 1.807) is 31.3 Å². The van der Waals surface area contributed by atoms with E-state index in [0.29, 0.717) is 16.3 Å². The van der Waals surface area contributed by atoms with E-state index in [-0.39, 0.29) is 23.9 Å². The molecule has 0 bridgehead atoms. The smallest absolute Gasteiger partial charge is 0.244 e. The topological polar surface area (TPSA) is 89.2 Å². The molecular formula is C13H13ClN4O2S. The fourth-order valence-electron chi connectivity index (χ4n) is 2.32. The molecule has 2 N–H and O–H groups in total. The molecule has 2 heterocycles. The van der Waals surface area contributed by atoms with Crippen LogP contribution in [-0.4, -0.2) is 22.7 Å². The predicted molar refractivity (Wildman–Crippen MR) is 79.1 cm³/mol. The van der Waals surface area contributed by atoms with Crippen molar-refractivity contribution in [3.63, 3.8) is 0 Å². The molecule has 0 fully saturated rings. The Balaban J connectivity index is 2.00. The first kappa shape index (κ1) is 14.2. The molecule has 0 saturated heterocycles. The number of aromatic nitrogens is 2. The zero-order valence-corrected chi connectivity index (χ0v) is 12.8. The van der Waals surface area contributed by atoms with Gasteiger partial charge >= 0.3 is 0 Å². The molecule has 21 heavy (non-hydrogen) atoms. The highest BCUT2D eigenvalue weighted by atomic mass is 35.5. The second-order valence-corrected chi connectivity index (χ2v) is 7.15. The van der Waals surface area contributed by atoms with Crippen molar-refractivity contribution in [2.24, 2.45) is 0 Å². The van der Waals surface area contributed by atoms with Crippen LogP contribution < -0.4 is 5.73 Å². The Bertz CT molecular complexity index is 823. The number of fused-ring (bicyclic) bond motifs is 1. The Morgan fingerprint density at radius 1 is 1.33 bits per heavy atom. The molecule has 0 aliphatic carbocycles. The van der Waals surface area contributed by atoms with Gasteiger partial charge in [-0.2, -0.15) is 4.31 Å². The van der Waals surface area contributed by atoms with E-state index in [1.165, 1.54) is 4.31 Å². The number of rotatable bonds is 2. The van der Waals surface area contributed by atoms with Crippen LogP contribution in [0.3, 0.4) is 0 Å². The van der Waals surface area contributed by atoms with Crippen LogP contribution in [0.1, 0.15) is 16.8 Å². The maximum atomic E-state index is 12.7. The highest BCUT2D eigenvalue weighted by molar-refractivity contribution is 7.89. The van der Waals surface area contributed by atoms with Crippen molar-refractivity contribution in [2.75, 3.05) is 5.73 Å². The molecule has 0 radical (unpaired) electrons. The van der Waals surface area contributed by atoms with Crippen molar-refractivity contribution < 1.29 is 8.42 Å². The van der Waals surface area contributed by atoms with Crippen molar-refractivity contribution >= 4 is 27.6 Å². The zero-order chi connectivity index (χ0) is 15.2. The number of benzene rings is 1. The molecule has 1 aromatic heterocycles. The molecule has 3 rings (SSSR count). The van der Waals surface area contributed by atoms with Gasteiger partial charge in [0.2, 0.25) is 16.0 Å². The van der Waals surface area contributed by atoms with Crippen molar-refractivity contribution in [1.29, 1.82) is 0 Å². The normalized spacial score (nSPS) is 15.1. The lowest BCUT2D eigenvalue weighted by Gasteiger charge is -2.17. The van der Waals surface area contributed by atoms with Gasteiger partial charge in [0.25, 0.3) is 0 Å². The standard InChI is InChI=1S/C13H13ClN4O2S/c1-8-10(14)3-2-4-12(8)21(19,20)18-6-9-5-16-13(15)17-11(9)7-18/h2-5H,6-7H2,1H3,(H2,15,16,17). The molecule has 6 nitrogen and oxygen atoms in total. The number of hydrogen-bond donors (Lipinski definition) is 1. The Morgan fingerprint density at radius 2 is 2.10 bits per heavy atom. The maximum Gasteiger partial charge on any atom is 0.244 e. The number of sulfonamides is 1. The minimum Gasteiger partial charge on any atom is -0.368 e. The molecule has 1 aromatic carbocycles. The summed E-state index contributed by atoms with van der Waals surface area (Å²) in [6.07, 6.45) is 1.57. The minimum atomic E-state index is -3.63. The quantitative estimate of drug-likeness (QED) is 0.908. The monoisotopic (exact) mass is 324 g/mol. The number of nitrogens with two attached hydrogens (primary N) is 1. The van der Waals surface area contributed by atoms with Gasteiger partial charge in [-0.15, -0.1) is 0 Å². The summed E-state index contributed by atoms with van der Waals surface area (Å²) in [5.74, 6) is 0.145. The van der Waals surface area contributed by atoms with Gasteiger partial charge in [-0.1, -0.05) is 17.7 Å². The van der Waals surface area contributed by atoms with Crippen LogP contribution >= 0.6 is 11.6 Å². The van der Waals surface area contributed by atoms with E-state index >= 15 is 0 Å². The zero-order valence-electron chi connectivity index (χ0n) is 11.2. The summed E-state index contributed by atoms with van der Waals surface area (Å²) in [6.45, 7) is 2.12. The number of hydrogen-bond acceptors (Lipinski definition) is 5. The van der Waals surface area contributed by atoms with Crippen molar-refractivity contribution in [3.8, 4) is 0 Å². The molecule has 0 saturated carbocycles. The molecule has 1 aliphatic rings. The maximum absolute atomic E-state index is 12.7. The lowest BCUT2D eigenvalue weighted by molar-refractivity contribution is 0.429. The van der Waals surface area contributed by atoms with Crippen LogP contribution in [0, 0.1) is 6.92 Å². The Kier molecular flexibility index (Phi) is 3.35. The number of nitrogen functional groups attached to an aromatic ring is 1. The average Bonchev–Trinajstić information content (AvgIpc) is 2.85. The van der Waals surface area contributed by atoms with E-state index in [9.17, 15) is 8.42 Å². The van der Waals surface area contributed by atoms with Gasteiger partial charge in [0, 0.05) is 23.3 Å². The van der Waals surface area contributed by atoms with Crippen LogP contribution in [-0.2, 0) is 23.1 Å². The molecule has 0 amide bonds. The first-order valence-electron chi connectivity index (χ1n) is 6.25. The Morgan fingerprint density at radius 3 is 2.86 bits per heavy atom. The molecule has 0 atom stereocenters. The second kappa shape index (κ2) is 4.94. The van der Waals surface area contributed by atoms with Gasteiger partial charge in [-0.25, -0.2) is 18.4 Å². The number of halogens is 1. The SMILES string of the molecule is Cc1c(Cl)cccc1S(=O)(=O)N1Cc2cnc(N)nc2C1. The van der Waals surface area contributed by atoms with E-state index in [0.717, 1.165) is 5.56 Å². The summed E-state index contributed by atoms with van der Waals surface area (Å²) in [5.41, 5.74) is 7.49. The molecular weight excluding hydrogens is 312 g/mol. The highest BCUT2D eigenvalue weighted by Gasteiger charge is 2.33. The van der Waals surface area contributed by atoms with E-state index < -0.39 is 10.0 Å². The third kappa shape index (κ3) is 2.37. The highest BCUT2D eigenvalue weighted by Crippen LogP contribution is 2.30. The minimum absolute atomic E-state index is 0.145. The lowest BCUT2D eigenvalue weighted by Crippen LogP contribution is -2.26. The second-order valence-electron chi connectivity index (χ2n) is 4.84. The third-order valence-electron chi connectivity index (χ3n) is 3.48. The molecule has 8 heteroatoms. The van der Waals surface area contributed by atoms with Crippen molar-refractivity contribution in [1.82, 2.24) is 14.3 Å². The molecule has 0 spiro atoms. The van der Waals surface area contributed by atoms with Gasteiger partial charge in [0.15, 0.2) is 0 Å². The summed E-state index contributed by atoms with van der Waals surface area (Å²) >= 11 is 6.01. The van der Waals surface area contributed by atoms with Crippen LogP contribution in [0.25, 0.3) is 0 Å². The fourth-order valence-corrected chi connectivity index (χ4v) is 4.17. The molecule has 2 aromatic rings. The lowest BCUT2D eigenvalue weighted by atomic mass is 10.2. The number of nitrogens with zero attached hydrogens (tertiary/aromatic N) is 3.